The molecule has 7 heteroatoms. The molecule has 2 unspecified atom stereocenters. The molecule has 0 radical (unpaired) electrons. The summed E-state index contributed by atoms with van der Waals surface area (Å²) in [7, 11) is -0.863. The first kappa shape index (κ1) is 14.9. The molecule has 1 N–H and O–H groups in total. The van der Waals surface area contributed by atoms with Crippen molar-refractivity contribution in [1.29, 1.82) is 0 Å². The van der Waals surface area contributed by atoms with E-state index in [2.05, 4.69) is 5.32 Å². The predicted octanol–water partition coefficient (Wildman–Crippen LogP) is 2.82. The Labute approximate surface area is 113 Å². The monoisotopic (exact) mass is 290 g/mol. The van der Waals surface area contributed by atoms with Gasteiger partial charge >= 0.3 is 5.69 Å². The van der Waals surface area contributed by atoms with Gasteiger partial charge in [-0.05, 0) is 25.5 Å². The van der Waals surface area contributed by atoms with Crippen LogP contribution in [0.25, 0.3) is 0 Å². The van der Waals surface area contributed by atoms with Crippen molar-refractivity contribution < 1.29 is 9.13 Å². The number of benzene rings is 1. The Morgan fingerprint density at radius 3 is 2.78 bits per heavy atom. The zero-order chi connectivity index (χ0) is 13.7. The van der Waals surface area contributed by atoms with Gasteiger partial charge in [0.05, 0.1) is 4.92 Å². The molecule has 1 rings (SSSR count). The van der Waals surface area contributed by atoms with E-state index in [1.54, 1.807) is 18.4 Å². The Balaban J connectivity index is 2.81. The number of rotatable bonds is 6. The van der Waals surface area contributed by atoms with E-state index in [0.29, 0.717) is 17.9 Å². The number of nitro benzene ring substituents is 1. The summed E-state index contributed by atoms with van der Waals surface area (Å²) in [5, 5.41) is 14.1. The van der Waals surface area contributed by atoms with Crippen molar-refractivity contribution in [2.24, 2.45) is 0 Å². The van der Waals surface area contributed by atoms with E-state index < -0.39 is 15.7 Å². The van der Waals surface area contributed by atoms with E-state index >= 15 is 0 Å². The van der Waals surface area contributed by atoms with Gasteiger partial charge in [-0.1, -0.05) is 17.7 Å². The number of hydrogen-bond acceptors (Lipinski definition) is 4. The van der Waals surface area contributed by atoms with Gasteiger partial charge in [0.15, 0.2) is 0 Å². The van der Waals surface area contributed by atoms with Crippen LogP contribution < -0.4 is 5.32 Å². The Kier molecular flexibility index (Phi) is 5.55. The average Bonchev–Trinajstić information content (AvgIpc) is 2.26. The van der Waals surface area contributed by atoms with Crippen molar-refractivity contribution in [3.8, 4) is 0 Å². The van der Waals surface area contributed by atoms with E-state index in [0.717, 1.165) is 0 Å². The second-order valence-corrected chi connectivity index (χ2v) is 5.97. The smallest absolute Gasteiger partial charge is 0.310 e. The van der Waals surface area contributed by atoms with Crippen molar-refractivity contribution in [2.75, 3.05) is 17.3 Å². The molecule has 1 aromatic carbocycles. The first-order valence-electron chi connectivity index (χ1n) is 5.41. The van der Waals surface area contributed by atoms with Gasteiger partial charge in [0, 0.05) is 28.9 Å². The fourth-order valence-corrected chi connectivity index (χ4v) is 2.43. The van der Waals surface area contributed by atoms with Crippen molar-refractivity contribution in [1.82, 2.24) is 0 Å². The largest absolute Gasteiger partial charge is 0.377 e. The Bertz CT molecular complexity index is 468. The zero-order valence-electron chi connectivity index (χ0n) is 10.2. The number of nitrogens with one attached hydrogen (secondary N) is 1. The van der Waals surface area contributed by atoms with Crippen LogP contribution in [0.1, 0.15) is 13.3 Å². The molecule has 0 amide bonds. The molecular formula is C11H15ClN2O3S. The first-order chi connectivity index (χ1) is 8.41. The minimum atomic E-state index is -0.863. The quantitative estimate of drug-likeness (QED) is 0.646. The molecule has 0 spiro atoms. The summed E-state index contributed by atoms with van der Waals surface area (Å²) in [5.74, 6) is 0.558. The molecule has 0 aliphatic carbocycles. The van der Waals surface area contributed by atoms with Crippen molar-refractivity contribution in [2.45, 2.75) is 19.4 Å². The molecule has 5 nitrogen and oxygen atoms in total. The Morgan fingerprint density at radius 1 is 1.56 bits per heavy atom. The zero-order valence-corrected chi connectivity index (χ0v) is 11.8. The molecule has 0 aromatic heterocycles. The van der Waals surface area contributed by atoms with Crippen LogP contribution in [0.4, 0.5) is 11.4 Å². The van der Waals surface area contributed by atoms with Crippen LogP contribution >= 0.6 is 11.6 Å². The Morgan fingerprint density at radius 2 is 2.22 bits per heavy atom. The lowest BCUT2D eigenvalue weighted by Gasteiger charge is -2.14. The molecule has 18 heavy (non-hydrogen) atoms. The van der Waals surface area contributed by atoms with Crippen LogP contribution in [-0.2, 0) is 10.8 Å². The lowest BCUT2D eigenvalue weighted by molar-refractivity contribution is -0.383. The minimum Gasteiger partial charge on any atom is -0.377 e. The summed E-state index contributed by atoms with van der Waals surface area (Å²) < 4.78 is 11.0. The maximum absolute atomic E-state index is 11.0. The number of nitro groups is 1. The normalized spacial score (nSPS) is 13.9. The van der Waals surface area contributed by atoms with Gasteiger partial charge in [-0.3, -0.25) is 14.3 Å². The molecule has 0 saturated carbocycles. The summed E-state index contributed by atoms with van der Waals surface area (Å²) in [5.41, 5.74) is 0.269. The molecule has 0 heterocycles. The fraction of sp³-hybridized carbons (Fsp3) is 0.455. The number of hydrogen-bond donors (Lipinski definition) is 1. The second kappa shape index (κ2) is 6.70. The molecule has 0 saturated heterocycles. The summed E-state index contributed by atoms with van der Waals surface area (Å²) in [6.07, 6.45) is 2.31. The molecule has 2 atom stereocenters. The van der Waals surface area contributed by atoms with Crippen molar-refractivity contribution >= 4 is 33.8 Å². The van der Waals surface area contributed by atoms with Crippen LogP contribution in [0.2, 0.25) is 5.02 Å². The molecule has 0 aliphatic rings. The van der Waals surface area contributed by atoms with Gasteiger partial charge in [-0.2, -0.15) is 0 Å². The van der Waals surface area contributed by atoms with Crippen LogP contribution in [0, 0.1) is 10.1 Å². The highest BCUT2D eigenvalue weighted by atomic mass is 35.5. The summed E-state index contributed by atoms with van der Waals surface area (Å²) >= 11 is 5.81. The highest BCUT2D eigenvalue weighted by molar-refractivity contribution is 7.84. The van der Waals surface area contributed by atoms with E-state index in [1.807, 2.05) is 6.92 Å². The molecule has 0 bridgehead atoms. The van der Waals surface area contributed by atoms with Gasteiger partial charge < -0.3 is 5.32 Å². The SMILES string of the molecule is CC(CCS(C)=O)Nc1cccc(Cl)c1[N+](=O)[O-]. The summed E-state index contributed by atoms with van der Waals surface area (Å²) in [6, 6.07) is 4.74. The standard InChI is InChI=1S/C11H15ClN2O3S/c1-8(6-7-18(2)17)13-10-5-3-4-9(12)11(10)14(15)16/h3-5,8,13H,6-7H2,1-2H3. The van der Waals surface area contributed by atoms with Gasteiger partial charge in [0.1, 0.15) is 10.7 Å². The lowest BCUT2D eigenvalue weighted by Crippen LogP contribution is -2.18. The number of anilines is 1. The maximum atomic E-state index is 11.0. The third-order valence-electron chi connectivity index (χ3n) is 2.41. The molecular weight excluding hydrogens is 276 g/mol. The lowest BCUT2D eigenvalue weighted by atomic mass is 10.2. The number of halogens is 1. The van der Waals surface area contributed by atoms with Gasteiger partial charge in [0.25, 0.3) is 0 Å². The van der Waals surface area contributed by atoms with E-state index in [-0.39, 0.29) is 16.8 Å². The molecule has 0 aliphatic heterocycles. The second-order valence-electron chi connectivity index (χ2n) is 4.00. The third-order valence-corrected chi connectivity index (χ3v) is 3.53. The number of para-hydroxylation sites is 1. The highest BCUT2D eigenvalue weighted by Crippen LogP contribution is 2.32. The average molecular weight is 291 g/mol. The summed E-state index contributed by atoms with van der Waals surface area (Å²) in [6.45, 7) is 1.89. The molecule has 100 valence electrons. The van der Waals surface area contributed by atoms with Crippen LogP contribution in [0.5, 0.6) is 0 Å². The van der Waals surface area contributed by atoms with E-state index in [4.69, 9.17) is 11.6 Å². The van der Waals surface area contributed by atoms with Gasteiger partial charge in [-0.15, -0.1) is 0 Å². The van der Waals surface area contributed by atoms with Crippen LogP contribution in [-0.4, -0.2) is 27.2 Å². The van der Waals surface area contributed by atoms with E-state index in [9.17, 15) is 14.3 Å². The minimum absolute atomic E-state index is 0.00827. The van der Waals surface area contributed by atoms with Crippen molar-refractivity contribution in [3.05, 3.63) is 33.3 Å². The first-order valence-corrected chi connectivity index (χ1v) is 7.51. The molecule has 1 aromatic rings. The molecule has 0 fully saturated rings. The highest BCUT2D eigenvalue weighted by Gasteiger charge is 2.19. The maximum Gasteiger partial charge on any atom is 0.310 e. The third kappa shape index (κ3) is 4.27. The predicted molar refractivity (Wildman–Crippen MR) is 74.7 cm³/mol. The van der Waals surface area contributed by atoms with Crippen LogP contribution in [0.3, 0.4) is 0 Å². The summed E-state index contributed by atoms with van der Waals surface area (Å²) in [4.78, 5) is 10.4. The topological polar surface area (TPSA) is 72.2 Å². The van der Waals surface area contributed by atoms with Gasteiger partial charge in [0.2, 0.25) is 0 Å². The Hall–Kier alpha value is -1.14. The van der Waals surface area contributed by atoms with Gasteiger partial charge in [-0.25, -0.2) is 0 Å². The fourth-order valence-electron chi connectivity index (χ4n) is 1.50. The van der Waals surface area contributed by atoms with Crippen molar-refractivity contribution in [3.63, 3.8) is 0 Å². The van der Waals surface area contributed by atoms with Crippen LogP contribution in [0.15, 0.2) is 18.2 Å². The number of nitrogens with zero attached hydrogens (tertiary/aromatic N) is 1. The van der Waals surface area contributed by atoms with E-state index in [1.165, 1.54) is 6.07 Å².